The van der Waals surface area contributed by atoms with E-state index in [9.17, 15) is 0 Å². The minimum Gasteiger partial charge on any atom is -0.496 e. The molecule has 0 spiro atoms. The third-order valence-electron chi connectivity index (χ3n) is 2.09. The number of allylic oxidation sites excluding steroid dienone is 1. The molecule has 4 heteroatoms. The Morgan fingerprint density at radius 2 is 2.12 bits per heavy atom. The monoisotopic (exact) mass is 219 g/mol. The molecule has 0 aliphatic heterocycles. The molecule has 0 heterocycles. The van der Waals surface area contributed by atoms with Gasteiger partial charge in [0.2, 0.25) is 0 Å². The van der Waals surface area contributed by atoms with E-state index >= 15 is 0 Å². The number of nitrogen functional groups attached to an aromatic ring is 1. The summed E-state index contributed by atoms with van der Waals surface area (Å²) in [6, 6.07) is 5.40. The number of hydrogen-bond donors (Lipinski definition) is 2. The van der Waals surface area contributed by atoms with E-state index in [1.165, 1.54) is 6.21 Å². The molecular formula is C12H17N3O. The van der Waals surface area contributed by atoms with Crippen molar-refractivity contribution in [3.05, 3.63) is 30.0 Å². The van der Waals surface area contributed by atoms with Crippen LogP contribution in [0.15, 0.2) is 24.4 Å². The maximum Gasteiger partial charge on any atom is 0.128 e. The van der Waals surface area contributed by atoms with Crippen LogP contribution < -0.4 is 10.5 Å². The predicted molar refractivity (Wildman–Crippen MR) is 67.9 cm³/mol. The maximum atomic E-state index is 7.41. The van der Waals surface area contributed by atoms with Crippen LogP contribution in [0.1, 0.15) is 5.56 Å². The molecule has 0 saturated carbocycles. The van der Waals surface area contributed by atoms with Crippen LogP contribution in [0, 0.1) is 5.41 Å². The minimum absolute atomic E-state index is 0.648. The van der Waals surface area contributed by atoms with E-state index in [4.69, 9.17) is 15.9 Å². The lowest BCUT2D eigenvalue weighted by Crippen LogP contribution is -2.04. The van der Waals surface area contributed by atoms with Crippen molar-refractivity contribution >= 4 is 17.5 Å². The first-order valence-electron chi connectivity index (χ1n) is 4.91. The quantitative estimate of drug-likeness (QED) is 0.600. The number of nitrogens with zero attached hydrogens (tertiary/aromatic N) is 1. The molecule has 16 heavy (non-hydrogen) atoms. The molecular weight excluding hydrogens is 202 g/mol. The Bertz CT molecular complexity index is 411. The van der Waals surface area contributed by atoms with Crippen LogP contribution in [0.2, 0.25) is 0 Å². The van der Waals surface area contributed by atoms with Crippen LogP contribution in [-0.4, -0.2) is 32.3 Å². The summed E-state index contributed by atoms with van der Waals surface area (Å²) in [7, 11) is 5.41. The van der Waals surface area contributed by atoms with Gasteiger partial charge in [0.25, 0.3) is 0 Å². The van der Waals surface area contributed by atoms with Crippen molar-refractivity contribution in [1.82, 2.24) is 4.90 Å². The van der Waals surface area contributed by atoms with E-state index in [-0.39, 0.29) is 0 Å². The molecule has 0 bridgehead atoms. The van der Waals surface area contributed by atoms with Crippen molar-refractivity contribution in [1.29, 1.82) is 5.41 Å². The summed E-state index contributed by atoms with van der Waals surface area (Å²) in [6.07, 6.45) is 3.16. The topological polar surface area (TPSA) is 62.3 Å². The van der Waals surface area contributed by atoms with Gasteiger partial charge in [0.15, 0.2) is 0 Å². The number of methoxy groups -OCH3 is 1. The number of nitrogens with one attached hydrogen (secondary N) is 1. The summed E-state index contributed by atoms with van der Waals surface area (Å²) in [4.78, 5) is 1.89. The minimum atomic E-state index is 0.648. The highest BCUT2D eigenvalue weighted by Crippen LogP contribution is 2.27. The molecule has 0 radical (unpaired) electrons. The molecule has 86 valence electrons. The van der Waals surface area contributed by atoms with Crippen molar-refractivity contribution in [3.8, 4) is 5.75 Å². The van der Waals surface area contributed by atoms with Crippen molar-refractivity contribution in [3.63, 3.8) is 0 Å². The van der Waals surface area contributed by atoms with Gasteiger partial charge in [-0.3, -0.25) is 0 Å². The third kappa shape index (κ3) is 2.76. The molecule has 1 rings (SSSR count). The van der Waals surface area contributed by atoms with Crippen molar-refractivity contribution in [2.45, 2.75) is 0 Å². The van der Waals surface area contributed by atoms with E-state index in [0.717, 1.165) is 11.1 Å². The zero-order valence-corrected chi connectivity index (χ0v) is 9.82. The Labute approximate surface area is 95.8 Å². The van der Waals surface area contributed by atoms with Crippen LogP contribution >= 0.6 is 0 Å². The first kappa shape index (κ1) is 12.1. The van der Waals surface area contributed by atoms with Crippen LogP contribution in [0.5, 0.6) is 5.75 Å². The van der Waals surface area contributed by atoms with Gasteiger partial charge in [-0.2, -0.15) is 0 Å². The molecule has 0 amide bonds. The normalized spacial score (nSPS) is 11.1. The maximum absolute atomic E-state index is 7.41. The highest BCUT2D eigenvalue weighted by Gasteiger charge is 2.07. The Morgan fingerprint density at radius 3 is 2.62 bits per heavy atom. The van der Waals surface area contributed by atoms with Crippen LogP contribution in [0.25, 0.3) is 5.57 Å². The standard InChI is InChI=1S/C12H17N3O/c1-15(2)8-9(7-13)11-5-4-10(14)6-12(11)16-3/h4-8,13H,14H2,1-3H3/b9-8+,13-7?. The smallest absolute Gasteiger partial charge is 0.128 e. The zero-order chi connectivity index (χ0) is 12.1. The highest BCUT2D eigenvalue weighted by molar-refractivity contribution is 6.09. The van der Waals surface area contributed by atoms with Crippen molar-refractivity contribution in [2.75, 3.05) is 26.9 Å². The molecule has 0 aliphatic rings. The molecule has 4 nitrogen and oxygen atoms in total. The summed E-state index contributed by atoms with van der Waals surface area (Å²) in [5, 5.41) is 7.41. The fraction of sp³-hybridized carbons (Fsp3) is 0.250. The number of nitrogens with two attached hydrogens (primary N) is 1. The van der Waals surface area contributed by atoms with E-state index in [2.05, 4.69) is 0 Å². The number of ether oxygens (including phenoxy) is 1. The average Bonchev–Trinajstić information content (AvgIpc) is 2.25. The van der Waals surface area contributed by atoms with Gasteiger partial charge in [0.05, 0.1) is 7.11 Å². The SMILES string of the molecule is COc1cc(N)ccc1/C(C=N)=C/N(C)C. The molecule has 0 saturated heterocycles. The Balaban J connectivity index is 3.24. The van der Waals surface area contributed by atoms with Crippen molar-refractivity contribution in [2.24, 2.45) is 0 Å². The number of anilines is 1. The van der Waals surface area contributed by atoms with E-state index in [0.29, 0.717) is 11.4 Å². The largest absolute Gasteiger partial charge is 0.496 e. The molecule has 0 aliphatic carbocycles. The molecule has 0 atom stereocenters. The summed E-state index contributed by atoms with van der Waals surface area (Å²) < 4.78 is 5.25. The predicted octanol–water partition coefficient (Wildman–Crippen LogP) is 1.83. The van der Waals surface area contributed by atoms with Gasteiger partial charge < -0.3 is 20.8 Å². The van der Waals surface area contributed by atoms with Gasteiger partial charge in [0, 0.05) is 49.4 Å². The molecule has 0 unspecified atom stereocenters. The molecule has 3 N–H and O–H groups in total. The first-order valence-corrected chi connectivity index (χ1v) is 4.91. The number of rotatable bonds is 4. The van der Waals surface area contributed by atoms with Gasteiger partial charge in [-0.05, 0) is 12.1 Å². The van der Waals surface area contributed by atoms with Gasteiger partial charge >= 0.3 is 0 Å². The van der Waals surface area contributed by atoms with E-state index in [1.807, 2.05) is 31.3 Å². The Kier molecular flexibility index (Phi) is 3.94. The molecule has 1 aromatic carbocycles. The van der Waals surface area contributed by atoms with Gasteiger partial charge in [-0.25, -0.2) is 0 Å². The van der Waals surface area contributed by atoms with E-state index in [1.54, 1.807) is 19.2 Å². The highest BCUT2D eigenvalue weighted by atomic mass is 16.5. The zero-order valence-electron chi connectivity index (χ0n) is 9.82. The lowest BCUT2D eigenvalue weighted by atomic mass is 10.1. The second kappa shape index (κ2) is 5.21. The third-order valence-corrected chi connectivity index (χ3v) is 2.09. The molecule has 0 fully saturated rings. The second-order valence-electron chi connectivity index (χ2n) is 3.65. The summed E-state index contributed by atoms with van der Waals surface area (Å²) in [5.41, 5.74) is 7.97. The first-order chi connectivity index (χ1) is 7.58. The van der Waals surface area contributed by atoms with Crippen LogP contribution in [-0.2, 0) is 0 Å². The lowest BCUT2D eigenvalue weighted by molar-refractivity contribution is 0.414. The van der Waals surface area contributed by atoms with Gasteiger partial charge in [-0.15, -0.1) is 0 Å². The summed E-state index contributed by atoms with van der Waals surface area (Å²) >= 11 is 0. The van der Waals surface area contributed by atoms with Crippen molar-refractivity contribution < 1.29 is 4.74 Å². The van der Waals surface area contributed by atoms with Crippen LogP contribution in [0.4, 0.5) is 5.69 Å². The average molecular weight is 219 g/mol. The molecule has 1 aromatic rings. The fourth-order valence-electron chi connectivity index (χ4n) is 1.41. The van der Waals surface area contributed by atoms with Gasteiger partial charge in [-0.1, -0.05) is 0 Å². The molecule has 0 aromatic heterocycles. The lowest BCUT2D eigenvalue weighted by Gasteiger charge is -2.12. The Morgan fingerprint density at radius 1 is 1.44 bits per heavy atom. The fourth-order valence-corrected chi connectivity index (χ4v) is 1.41. The second-order valence-corrected chi connectivity index (χ2v) is 3.65. The van der Waals surface area contributed by atoms with Gasteiger partial charge in [0.1, 0.15) is 5.75 Å². The number of benzene rings is 1. The Hall–Kier alpha value is -1.97. The summed E-state index contributed by atoms with van der Waals surface area (Å²) in [5.74, 6) is 0.677. The van der Waals surface area contributed by atoms with E-state index < -0.39 is 0 Å². The summed E-state index contributed by atoms with van der Waals surface area (Å²) in [6.45, 7) is 0. The van der Waals surface area contributed by atoms with Crippen LogP contribution in [0.3, 0.4) is 0 Å². The number of hydrogen-bond acceptors (Lipinski definition) is 4.